The van der Waals surface area contributed by atoms with Gasteiger partial charge in [0.05, 0.1) is 28.0 Å². The van der Waals surface area contributed by atoms with Gasteiger partial charge in [0.15, 0.2) is 0 Å². The highest BCUT2D eigenvalue weighted by atomic mass is 79.9. The maximum atomic E-state index is 13.2. The van der Waals surface area contributed by atoms with Crippen LogP contribution in [0.15, 0.2) is 40.9 Å². The van der Waals surface area contributed by atoms with E-state index in [9.17, 15) is 18.0 Å². The maximum Gasteiger partial charge on any atom is 0.416 e. The van der Waals surface area contributed by atoms with Crippen LogP contribution in [0.4, 0.5) is 24.5 Å². The van der Waals surface area contributed by atoms with Gasteiger partial charge in [-0.3, -0.25) is 4.79 Å². The second-order valence-corrected chi connectivity index (χ2v) is 7.66. The molecule has 0 bridgehead atoms. The molecule has 156 valence electrons. The Bertz CT molecular complexity index is 881. The van der Waals surface area contributed by atoms with Crippen molar-refractivity contribution in [2.75, 3.05) is 29.9 Å². The van der Waals surface area contributed by atoms with Crippen LogP contribution in [-0.4, -0.2) is 25.6 Å². The topological polar surface area (TPSA) is 41.6 Å². The number of ether oxygens (including phenoxy) is 1. The highest BCUT2D eigenvalue weighted by Gasteiger charge is 2.32. The standard InChI is InChI=1S/C21H22BrF3N2O2/c1-2-29-19-9-6-14(12-16(19)22)20(28)26-17-13-15(21(23,24)25)7-8-18(17)27-10-4-3-5-11-27/h6-9,12-13H,2-5,10-11H2,1H3,(H,26,28). The number of halogens is 4. The van der Waals surface area contributed by atoms with Crippen molar-refractivity contribution in [3.8, 4) is 5.75 Å². The molecule has 0 unspecified atom stereocenters. The third-order valence-electron chi connectivity index (χ3n) is 4.76. The predicted octanol–water partition coefficient (Wildman–Crippen LogP) is 6.11. The SMILES string of the molecule is CCOc1ccc(C(=O)Nc2cc(C(F)(F)F)ccc2N2CCCCC2)cc1Br. The van der Waals surface area contributed by atoms with Crippen molar-refractivity contribution in [2.45, 2.75) is 32.4 Å². The molecule has 29 heavy (non-hydrogen) atoms. The molecule has 3 rings (SSSR count). The molecule has 2 aromatic rings. The van der Waals surface area contributed by atoms with Crippen LogP contribution < -0.4 is 15.0 Å². The molecule has 0 radical (unpaired) electrons. The molecule has 0 atom stereocenters. The monoisotopic (exact) mass is 470 g/mol. The second kappa shape index (κ2) is 9.07. The predicted molar refractivity (Wildman–Crippen MR) is 111 cm³/mol. The fourth-order valence-electron chi connectivity index (χ4n) is 3.33. The first-order chi connectivity index (χ1) is 13.8. The molecule has 4 nitrogen and oxygen atoms in total. The van der Waals surface area contributed by atoms with Crippen molar-refractivity contribution >= 4 is 33.2 Å². The third kappa shape index (κ3) is 5.23. The van der Waals surface area contributed by atoms with Crippen molar-refractivity contribution in [1.82, 2.24) is 0 Å². The highest BCUT2D eigenvalue weighted by molar-refractivity contribution is 9.10. The minimum absolute atomic E-state index is 0.164. The van der Waals surface area contributed by atoms with Crippen LogP contribution >= 0.6 is 15.9 Å². The van der Waals surface area contributed by atoms with E-state index in [1.807, 2.05) is 11.8 Å². The molecule has 8 heteroatoms. The molecule has 2 aromatic carbocycles. The Kier molecular flexibility index (Phi) is 6.72. The van der Waals surface area contributed by atoms with Gasteiger partial charge in [-0.05, 0) is 78.5 Å². The van der Waals surface area contributed by atoms with E-state index in [0.29, 0.717) is 28.1 Å². The fraction of sp³-hybridized carbons (Fsp3) is 0.381. The lowest BCUT2D eigenvalue weighted by Crippen LogP contribution is -2.30. The molecule has 1 aliphatic heterocycles. The van der Waals surface area contributed by atoms with Crippen LogP contribution in [0, 0.1) is 0 Å². The van der Waals surface area contributed by atoms with Crippen LogP contribution in [0.1, 0.15) is 42.1 Å². The summed E-state index contributed by atoms with van der Waals surface area (Å²) in [6.45, 7) is 3.84. The van der Waals surface area contributed by atoms with Gasteiger partial charge in [0.1, 0.15) is 5.75 Å². The molecule has 1 aliphatic rings. The summed E-state index contributed by atoms with van der Waals surface area (Å²) in [6.07, 6.45) is -1.44. The molecule has 1 N–H and O–H groups in total. The van der Waals surface area contributed by atoms with Crippen LogP contribution in [0.3, 0.4) is 0 Å². The summed E-state index contributed by atoms with van der Waals surface area (Å²) in [5.41, 5.74) is 0.302. The van der Waals surface area contributed by atoms with Gasteiger partial charge in [-0.15, -0.1) is 0 Å². The normalized spacial score (nSPS) is 14.6. The summed E-state index contributed by atoms with van der Waals surface area (Å²) in [6, 6.07) is 8.34. The smallest absolute Gasteiger partial charge is 0.416 e. The first-order valence-corrected chi connectivity index (χ1v) is 10.3. The highest BCUT2D eigenvalue weighted by Crippen LogP contribution is 2.36. The van der Waals surface area contributed by atoms with Crippen molar-refractivity contribution in [3.63, 3.8) is 0 Å². The summed E-state index contributed by atoms with van der Waals surface area (Å²) in [7, 11) is 0. The van der Waals surface area contributed by atoms with Crippen molar-refractivity contribution < 1.29 is 22.7 Å². The van der Waals surface area contributed by atoms with Crippen LogP contribution in [0.2, 0.25) is 0 Å². The number of benzene rings is 2. The largest absolute Gasteiger partial charge is 0.493 e. The fourth-order valence-corrected chi connectivity index (χ4v) is 3.83. The van der Waals surface area contributed by atoms with Crippen LogP contribution in [0.5, 0.6) is 5.75 Å². The molecule has 0 saturated carbocycles. The maximum absolute atomic E-state index is 13.2. The van der Waals surface area contributed by atoms with Gasteiger partial charge in [0.2, 0.25) is 0 Å². The van der Waals surface area contributed by atoms with Crippen molar-refractivity contribution in [3.05, 3.63) is 52.0 Å². The van der Waals surface area contributed by atoms with Gasteiger partial charge in [0.25, 0.3) is 5.91 Å². The van der Waals surface area contributed by atoms with E-state index in [2.05, 4.69) is 21.2 Å². The van der Waals surface area contributed by atoms with E-state index in [-0.39, 0.29) is 5.69 Å². The number of piperidine rings is 1. The summed E-state index contributed by atoms with van der Waals surface area (Å²) in [5.74, 6) is 0.114. The average molecular weight is 471 g/mol. The van der Waals surface area contributed by atoms with Gasteiger partial charge < -0.3 is 15.0 Å². The van der Waals surface area contributed by atoms with Crippen LogP contribution in [0.25, 0.3) is 0 Å². The number of nitrogens with zero attached hydrogens (tertiary/aromatic N) is 1. The Morgan fingerprint density at radius 1 is 1.14 bits per heavy atom. The van der Waals surface area contributed by atoms with Gasteiger partial charge >= 0.3 is 6.18 Å². The minimum atomic E-state index is -4.48. The van der Waals surface area contributed by atoms with E-state index in [0.717, 1.165) is 44.5 Å². The molecule has 0 spiro atoms. The van der Waals surface area contributed by atoms with Gasteiger partial charge in [-0.25, -0.2) is 0 Å². The van der Waals surface area contributed by atoms with Crippen LogP contribution in [-0.2, 0) is 6.18 Å². The molecule has 1 fully saturated rings. The Balaban J connectivity index is 1.91. The number of carbonyl (C=O) groups excluding carboxylic acids is 1. The molecular formula is C21H22BrF3N2O2. The summed E-state index contributed by atoms with van der Waals surface area (Å²) in [5, 5.41) is 2.67. The molecule has 1 saturated heterocycles. The zero-order valence-electron chi connectivity index (χ0n) is 16.0. The molecule has 0 aliphatic carbocycles. The Labute approximate surface area is 176 Å². The Morgan fingerprint density at radius 2 is 1.86 bits per heavy atom. The van der Waals surface area contributed by atoms with Gasteiger partial charge in [-0.2, -0.15) is 13.2 Å². The lowest BCUT2D eigenvalue weighted by molar-refractivity contribution is -0.137. The number of rotatable bonds is 5. The van der Waals surface area contributed by atoms with Crippen molar-refractivity contribution in [2.24, 2.45) is 0 Å². The Hall–Kier alpha value is -2.22. The number of hydrogen-bond acceptors (Lipinski definition) is 3. The van der Waals surface area contributed by atoms with E-state index < -0.39 is 17.6 Å². The minimum Gasteiger partial charge on any atom is -0.493 e. The number of carbonyl (C=O) groups is 1. The number of hydrogen-bond donors (Lipinski definition) is 1. The molecule has 0 aromatic heterocycles. The van der Waals surface area contributed by atoms with E-state index >= 15 is 0 Å². The first kappa shape index (κ1) is 21.5. The first-order valence-electron chi connectivity index (χ1n) is 9.49. The molecule has 1 amide bonds. The van der Waals surface area contributed by atoms with E-state index in [1.54, 1.807) is 18.2 Å². The summed E-state index contributed by atoms with van der Waals surface area (Å²) >= 11 is 3.35. The zero-order valence-corrected chi connectivity index (χ0v) is 17.6. The number of alkyl halides is 3. The molecule has 1 heterocycles. The van der Waals surface area contributed by atoms with E-state index in [1.165, 1.54) is 6.07 Å². The zero-order chi connectivity index (χ0) is 21.0. The number of amides is 1. The summed E-state index contributed by atoms with van der Waals surface area (Å²) < 4.78 is 45.7. The average Bonchev–Trinajstić information content (AvgIpc) is 2.69. The van der Waals surface area contributed by atoms with Crippen molar-refractivity contribution in [1.29, 1.82) is 0 Å². The lowest BCUT2D eigenvalue weighted by Gasteiger charge is -2.31. The second-order valence-electron chi connectivity index (χ2n) is 6.81. The van der Waals surface area contributed by atoms with Gasteiger partial charge in [0, 0.05) is 18.7 Å². The lowest BCUT2D eigenvalue weighted by atomic mass is 10.1. The molecular weight excluding hydrogens is 449 g/mol. The quantitative estimate of drug-likeness (QED) is 0.572. The summed E-state index contributed by atoms with van der Waals surface area (Å²) in [4.78, 5) is 14.8. The number of nitrogens with one attached hydrogen (secondary N) is 1. The van der Waals surface area contributed by atoms with E-state index in [4.69, 9.17) is 4.74 Å². The Morgan fingerprint density at radius 3 is 2.48 bits per heavy atom. The number of anilines is 2. The third-order valence-corrected chi connectivity index (χ3v) is 5.38. The van der Waals surface area contributed by atoms with Gasteiger partial charge in [-0.1, -0.05) is 0 Å².